The maximum Gasteiger partial charge on any atom is 0.338 e. The molecule has 0 aromatic carbocycles. The second-order valence-electron chi connectivity index (χ2n) is 4.06. The van der Waals surface area contributed by atoms with Gasteiger partial charge in [0, 0.05) is 5.92 Å². The first-order valence-electron chi connectivity index (χ1n) is 5.86. The SMILES string of the molecule is CCCOP(=O)(CC(=O)C(C)C)OCCC. The van der Waals surface area contributed by atoms with Gasteiger partial charge in [0.1, 0.15) is 11.9 Å². The van der Waals surface area contributed by atoms with Crippen molar-refractivity contribution in [2.45, 2.75) is 40.5 Å². The average Bonchev–Trinajstić information content (AvgIpc) is 2.23. The van der Waals surface area contributed by atoms with Gasteiger partial charge in [-0.25, -0.2) is 0 Å². The second-order valence-corrected chi connectivity index (χ2v) is 6.11. The minimum absolute atomic E-state index is 0.0736. The molecule has 0 heterocycles. The molecule has 0 aliphatic carbocycles. The van der Waals surface area contributed by atoms with Crippen LogP contribution in [0, 0.1) is 5.92 Å². The summed E-state index contributed by atoms with van der Waals surface area (Å²) in [6, 6.07) is 0. The first-order chi connectivity index (χ1) is 7.45. The van der Waals surface area contributed by atoms with Crippen molar-refractivity contribution in [2.24, 2.45) is 5.92 Å². The van der Waals surface area contributed by atoms with Crippen LogP contribution in [0.5, 0.6) is 0 Å². The van der Waals surface area contributed by atoms with Gasteiger partial charge in [-0.15, -0.1) is 0 Å². The molecule has 0 spiro atoms. The lowest BCUT2D eigenvalue weighted by atomic mass is 10.1. The summed E-state index contributed by atoms with van der Waals surface area (Å²) in [4.78, 5) is 11.6. The summed E-state index contributed by atoms with van der Waals surface area (Å²) in [5.41, 5.74) is 0. The molecule has 16 heavy (non-hydrogen) atoms. The predicted molar refractivity (Wildman–Crippen MR) is 64.8 cm³/mol. The van der Waals surface area contributed by atoms with E-state index in [2.05, 4.69) is 0 Å². The molecule has 0 amide bonds. The molecule has 5 heteroatoms. The molecular weight excluding hydrogens is 227 g/mol. The molecule has 0 saturated carbocycles. The monoisotopic (exact) mass is 250 g/mol. The van der Waals surface area contributed by atoms with Crippen LogP contribution < -0.4 is 0 Å². The Balaban J connectivity index is 4.40. The molecule has 4 nitrogen and oxygen atoms in total. The average molecular weight is 250 g/mol. The molecule has 0 saturated heterocycles. The van der Waals surface area contributed by atoms with Crippen molar-refractivity contribution in [1.82, 2.24) is 0 Å². The van der Waals surface area contributed by atoms with Crippen LogP contribution >= 0.6 is 7.60 Å². The minimum Gasteiger partial charge on any atom is -0.308 e. The quantitative estimate of drug-likeness (QED) is 0.589. The smallest absolute Gasteiger partial charge is 0.308 e. The number of hydrogen-bond donors (Lipinski definition) is 0. The lowest BCUT2D eigenvalue weighted by molar-refractivity contribution is -0.119. The Morgan fingerprint density at radius 3 is 1.88 bits per heavy atom. The molecule has 0 aromatic heterocycles. The fourth-order valence-corrected chi connectivity index (χ4v) is 2.89. The lowest BCUT2D eigenvalue weighted by Crippen LogP contribution is -2.15. The van der Waals surface area contributed by atoms with Gasteiger partial charge in [-0.05, 0) is 12.8 Å². The number of rotatable bonds is 9. The van der Waals surface area contributed by atoms with E-state index in [4.69, 9.17) is 9.05 Å². The maximum absolute atomic E-state index is 12.2. The normalized spacial score (nSPS) is 12.1. The molecule has 0 atom stereocenters. The molecule has 0 aromatic rings. The number of Topliss-reactive ketones (excluding diaryl/α,β-unsaturated/α-hetero) is 1. The second kappa shape index (κ2) is 7.99. The Bertz CT molecular complexity index is 238. The van der Waals surface area contributed by atoms with Gasteiger partial charge in [0.15, 0.2) is 0 Å². The largest absolute Gasteiger partial charge is 0.338 e. The highest BCUT2D eigenvalue weighted by Gasteiger charge is 2.28. The Kier molecular flexibility index (Phi) is 7.90. The predicted octanol–water partition coefficient (Wildman–Crippen LogP) is 3.26. The number of ketones is 1. The van der Waals surface area contributed by atoms with Crippen LogP contribution in [0.2, 0.25) is 0 Å². The number of carbonyl (C=O) groups excluding carboxylic acids is 1. The van der Waals surface area contributed by atoms with Crippen LogP contribution in [-0.4, -0.2) is 25.2 Å². The van der Waals surface area contributed by atoms with Crippen LogP contribution in [0.25, 0.3) is 0 Å². The van der Waals surface area contributed by atoms with Crippen molar-refractivity contribution in [2.75, 3.05) is 19.4 Å². The Morgan fingerprint density at radius 1 is 1.12 bits per heavy atom. The Morgan fingerprint density at radius 2 is 1.56 bits per heavy atom. The Labute approximate surface area is 98.2 Å². The van der Waals surface area contributed by atoms with Crippen LogP contribution in [0.1, 0.15) is 40.5 Å². The zero-order valence-corrected chi connectivity index (χ0v) is 11.6. The summed E-state index contributed by atoms with van der Waals surface area (Å²) >= 11 is 0. The van der Waals surface area contributed by atoms with E-state index in [1.807, 2.05) is 13.8 Å². The van der Waals surface area contributed by atoms with Gasteiger partial charge in [0.2, 0.25) is 0 Å². The zero-order valence-electron chi connectivity index (χ0n) is 10.7. The summed E-state index contributed by atoms with van der Waals surface area (Å²) in [6.07, 6.45) is 1.41. The molecule has 0 radical (unpaired) electrons. The molecule has 0 N–H and O–H groups in total. The maximum atomic E-state index is 12.2. The van der Waals surface area contributed by atoms with E-state index in [0.29, 0.717) is 13.2 Å². The highest BCUT2D eigenvalue weighted by atomic mass is 31.2. The van der Waals surface area contributed by atoms with Gasteiger partial charge in [0.25, 0.3) is 0 Å². The molecule has 0 aliphatic heterocycles. The molecule has 96 valence electrons. The van der Waals surface area contributed by atoms with E-state index in [1.165, 1.54) is 0 Å². The van der Waals surface area contributed by atoms with Crippen molar-refractivity contribution >= 4 is 13.4 Å². The fraction of sp³-hybridized carbons (Fsp3) is 0.909. The van der Waals surface area contributed by atoms with E-state index in [9.17, 15) is 9.36 Å². The summed E-state index contributed by atoms with van der Waals surface area (Å²) in [6.45, 7) is 8.15. The van der Waals surface area contributed by atoms with E-state index in [0.717, 1.165) is 12.8 Å². The van der Waals surface area contributed by atoms with Crippen molar-refractivity contribution in [3.8, 4) is 0 Å². The molecule has 0 bridgehead atoms. The number of hydrogen-bond acceptors (Lipinski definition) is 4. The molecular formula is C11H23O4P. The first kappa shape index (κ1) is 15.8. The number of carbonyl (C=O) groups is 1. The van der Waals surface area contributed by atoms with Gasteiger partial charge >= 0.3 is 7.60 Å². The first-order valence-corrected chi connectivity index (χ1v) is 7.58. The van der Waals surface area contributed by atoms with Crippen LogP contribution in [0.15, 0.2) is 0 Å². The van der Waals surface area contributed by atoms with E-state index in [-0.39, 0.29) is 17.9 Å². The van der Waals surface area contributed by atoms with E-state index >= 15 is 0 Å². The van der Waals surface area contributed by atoms with Gasteiger partial charge in [-0.1, -0.05) is 27.7 Å². The van der Waals surface area contributed by atoms with E-state index < -0.39 is 7.60 Å². The highest BCUT2D eigenvalue weighted by Crippen LogP contribution is 2.48. The standard InChI is InChI=1S/C11H23O4P/c1-5-7-14-16(13,15-8-6-2)9-11(12)10(3)4/h10H,5-9H2,1-4H3. The molecule has 0 fully saturated rings. The van der Waals surface area contributed by atoms with Crippen molar-refractivity contribution < 1.29 is 18.4 Å². The van der Waals surface area contributed by atoms with Gasteiger partial charge in [0.05, 0.1) is 13.2 Å². The molecule has 0 rings (SSSR count). The van der Waals surface area contributed by atoms with Gasteiger partial charge in [-0.3, -0.25) is 9.36 Å². The van der Waals surface area contributed by atoms with Crippen molar-refractivity contribution in [3.63, 3.8) is 0 Å². The lowest BCUT2D eigenvalue weighted by Gasteiger charge is -2.18. The van der Waals surface area contributed by atoms with Crippen molar-refractivity contribution in [1.29, 1.82) is 0 Å². The zero-order chi connectivity index (χ0) is 12.6. The third kappa shape index (κ3) is 6.41. The van der Waals surface area contributed by atoms with Gasteiger partial charge in [-0.2, -0.15) is 0 Å². The van der Waals surface area contributed by atoms with Gasteiger partial charge < -0.3 is 9.05 Å². The summed E-state index contributed by atoms with van der Waals surface area (Å²) in [5.74, 6) is -0.209. The van der Waals surface area contributed by atoms with Crippen LogP contribution in [0.4, 0.5) is 0 Å². The fourth-order valence-electron chi connectivity index (χ4n) is 0.963. The molecule has 0 aliphatic rings. The van der Waals surface area contributed by atoms with E-state index in [1.54, 1.807) is 13.8 Å². The summed E-state index contributed by atoms with van der Waals surface area (Å²) in [7, 11) is -3.21. The third-order valence-corrected chi connectivity index (χ3v) is 3.83. The topological polar surface area (TPSA) is 52.6 Å². The molecule has 0 unspecified atom stereocenters. The summed E-state index contributed by atoms with van der Waals surface area (Å²) < 4.78 is 22.6. The Hall–Kier alpha value is -0.180. The van der Waals surface area contributed by atoms with Crippen LogP contribution in [0.3, 0.4) is 0 Å². The van der Waals surface area contributed by atoms with Crippen LogP contribution in [-0.2, 0) is 18.4 Å². The van der Waals surface area contributed by atoms with Crippen molar-refractivity contribution in [3.05, 3.63) is 0 Å². The highest BCUT2D eigenvalue weighted by molar-refractivity contribution is 7.54. The minimum atomic E-state index is -3.21. The summed E-state index contributed by atoms with van der Waals surface area (Å²) in [5, 5.41) is 0. The third-order valence-electron chi connectivity index (χ3n) is 1.98.